The highest BCUT2D eigenvalue weighted by molar-refractivity contribution is 6.19. The normalized spacial score (nSPS) is 11.4. The molecule has 30 heavy (non-hydrogen) atoms. The zero-order valence-corrected chi connectivity index (χ0v) is 16.5. The number of nitrogens with two attached hydrogens (primary N) is 1. The monoisotopic (exact) mass is 408 g/mol. The van der Waals surface area contributed by atoms with E-state index in [-0.39, 0.29) is 17.8 Å². The van der Waals surface area contributed by atoms with E-state index in [0.717, 1.165) is 0 Å². The first-order chi connectivity index (χ1) is 14.3. The fourth-order valence-electron chi connectivity index (χ4n) is 2.85. The molecule has 0 aliphatic carbocycles. The third-order valence-electron chi connectivity index (χ3n) is 4.57. The lowest BCUT2D eigenvalue weighted by molar-refractivity contribution is -0.135. The molecule has 0 saturated carbocycles. The molecule has 0 aromatic heterocycles. The lowest BCUT2D eigenvalue weighted by atomic mass is 9.99. The number of nitrogens with one attached hydrogen (secondary N) is 1. The topological polar surface area (TPSA) is 127 Å². The van der Waals surface area contributed by atoms with Crippen molar-refractivity contribution in [3.8, 4) is 0 Å². The molecule has 2 aromatic carbocycles. The highest BCUT2D eigenvalue weighted by Crippen LogP contribution is 2.13. The van der Waals surface area contributed by atoms with Crippen molar-refractivity contribution in [3.05, 3.63) is 83.4 Å². The third kappa shape index (κ3) is 5.96. The Hall–Kier alpha value is -3.58. The van der Waals surface area contributed by atoms with Crippen LogP contribution in [0.5, 0.6) is 0 Å². The van der Waals surface area contributed by atoms with Gasteiger partial charge in [-0.25, -0.2) is 4.79 Å². The maximum atomic E-state index is 12.6. The van der Waals surface area contributed by atoms with Gasteiger partial charge in [0.1, 0.15) is 0 Å². The van der Waals surface area contributed by atoms with Crippen molar-refractivity contribution in [2.75, 3.05) is 6.54 Å². The predicted octanol–water partition coefficient (Wildman–Crippen LogP) is 2.35. The van der Waals surface area contributed by atoms with Crippen molar-refractivity contribution in [3.63, 3.8) is 0 Å². The summed E-state index contributed by atoms with van der Waals surface area (Å²) >= 11 is 0. The average Bonchev–Trinajstić information content (AvgIpc) is 2.77. The molecule has 0 spiro atoms. The fraction of sp³-hybridized carbons (Fsp3) is 0.217. The van der Waals surface area contributed by atoms with Crippen molar-refractivity contribution >= 4 is 23.4 Å². The van der Waals surface area contributed by atoms with E-state index in [1.54, 1.807) is 24.3 Å². The highest BCUT2D eigenvalue weighted by atomic mass is 16.4. The Kier molecular flexibility index (Phi) is 8.19. The third-order valence-corrected chi connectivity index (χ3v) is 4.57. The molecule has 0 radical (unpaired) electrons. The summed E-state index contributed by atoms with van der Waals surface area (Å²) in [5.41, 5.74) is 6.08. The molecule has 0 saturated heterocycles. The number of carbonyl (C=O) groups excluding carboxylic acids is 3. The number of benzene rings is 2. The number of amides is 1. The molecule has 1 atom stereocenters. The van der Waals surface area contributed by atoms with Gasteiger partial charge in [0, 0.05) is 16.7 Å². The van der Waals surface area contributed by atoms with Crippen LogP contribution in [0.2, 0.25) is 0 Å². The summed E-state index contributed by atoms with van der Waals surface area (Å²) < 4.78 is 0. The molecular formula is C23H24N2O5. The van der Waals surface area contributed by atoms with Gasteiger partial charge in [0.15, 0.2) is 11.6 Å². The summed E-state index contributed by atoms with van der Waals surface area (Å²) in [5.74, 6) is -2.89. The molecule has 1 amide bonds. The minimum Gasteiger partial charge on any atom is -0.478 e. The molecule has 0 aliphatic heterocycles. The molecule has 0 heterocycles. The number of carbonyl (C=O) groups is 4. The summed E-state index contributed by atoms with van der Waals surface area (Å²) in [6.07, 6.45) is 1.43. The van der Waals surface area contributed by atoms with Crippen LogP contribution in [0.25, 0.3) is 0 Å². The van der Waals surface area contributed by atoms with Crippen LogP contribution in [-0.2, 0) is 9.59 Å². The van der Waals surface area contributed by atoms with Crippen molar-refractivity contribution < 1.29 is 24.3 Å². The Morgan fingerprint density at radius 2 is 1.47 bits per heavy atom. The van der Waals surface area contributed by atoms with Crippen LogP contribution in [0.4, 0.5) is 0 Å². The largest absolute Gasteiger partial charge is 0.478 e. The Morgan fingerprint density at radius 3 is 2.03 bits per heavy atom. The Labute approximate surface area is 174 Å². The minimum atomic E-state index is -1.43. The predicted molar refractivity (Wildman–Crippen MR) is 112 cm³/mol. The van der Waals surface area contributed by atoms with Gasteiger partial charge in [-0.2, -0.15) is 0 Å². The SMILES string of the molecule is C=C(C(=O)O)C(=O)[C@H](CCCCN)NC(=O)c1ccc(C(=O)c2ccccc2)cc1. The maximum Gasteiger partial charge on any atom is 0.338 e. The van der Waals surface area contributed by atoms with Gasteiger partial charge in [0.05, 0.1) is 11.6 Å². The van der Waals surface area contributed by atoms with E-state index in [1.807, 2.05) is 6.07 Å². The van der Waals surface area contributed by atoms with E-state index in [2.05, 4.69) is 11.9 Å². The van der Waals surface area contributed by atoms with E-state index in [9.17, 15) is 19.2 Å². The molecule has 156 valence electrons. The van der Waals surface area contributed by atoms with Gasteiger partial charge >= 0.3 is 5.97 Å². The van der Waals surface area contributed by atoms with Crippen molar-refractivity contribution in [1.82, 2.24) is 5.32 Å². The lowest BCUT2D eigenvalue weighted by Crippen LogP contribution is -2.42. The van der Waals surface area contributed by atoms with E-state index in [0.29, 0.717) is 30.5 Å². The molecule has 0 aliphatic rings. The lowest BCUT2D eigenvalue weighted by Gasteiger charge is -2.18. The standard InChI is InChI=1S/C23H24N2O5/c1-15(23(29)30)20(26)19(9-5-6-14-24)25-22(28)18-12-10-17(11-13-18)21(27)16-7-3-2-4-8-16/h2-4,7-8,10-13,19H,1,5-6,9,14,24H2,(H,25,28)(H,29,30)/t19-/m0/s1. The molecular weight excluding hydrogens is 384 g/mol. The molecule has 0 fully saturated rings. The van der Waals surface area contributed by atoms with Crippen molar-refractivity contribution in [2.45, 2.75) is 25.3 Å². The van der Waals surface area contributed by atoms with Crippen LogP contribution in [0, 0.1) is 0 Å². The molecule has 7 heteroatoms. The molecule has 2 rings (SSSR count). The average molecular weight is 408 g/mol. The number of carboxylic acid groups (broad SMARTS) is 1. The van der Waals surface area contributed by atoms with Crippen LogP contribution in [0.1, 0.15) is 45.5 Å². The zero-order chi connectivity index (χ0) is 22.1. The smallest absolute Gasteiger partial charge is 0.338 e. The number of ketones is 2. The van der Waals surface area contributed by atoms with Crippen LogP contribution in [0.3, 0.4) is 0 Å². The van der Waals surface area contributed by atoms with E-state index in [4.69, 9.17) is 10.8 Å². The number of hydrogen-bond donors (Lipinski definition) is 3. The number of hydrogen-bond acceptors (Lipinski definition) is 5. The first-order valence-electron chi connectivity index (χ1n) is 9.52. The summed E-state index contributed by atoms with van der Waals surface area (Å²) in [7, 11) is 0. The van der Waals surface area contributed by atoms with Crippen LogP contribution >= 0.6 is 0 Å². The highest BCUT2D eigenvalue weighted by Gasteiger charge is 2.26. The maximum absolute atomic E-state index is 12.6. The number of Topliss-reactive ketones (excluding diaryl/α,β-unsaturated/α-hetero) is 1. The second-order valence-electron chi connectivity index (χ2n) is 6.73. The fourth-order valence-corrected chi connectivity index (χ4v) is 2.85. The van der Waals surface area contributed by atoms with E-state index >= 15 is 0 Å². The summed E-state index contributed by atoms with van der Waals surface area (Å²) in [6, 6.07) is 13.8. The quantitative estimate of drug-likeness (QED) is 0.172. The Balaban J connectivity index is 2.12. The van der Waals surface area contributed by atoms with Gasteiger partial charge in [-0.1, -0.05) is 49.0 Å². The molecule has 0 unspecified atom stereocenters. The van der Waals surface area contributed by atoms with Gasteiger partial charge in [-0.05, 0) is 37.9 Å². The number of aliphatic carboxylic acids is 1. The van der Waals surface area contributed by atoms with Gasteiger partial charge in [0.25, 0.3) is 5.91 Å². The first-order valence-corrected chi connectivity index (χ1v) is 9.52. The zero-order valence-electron chi connectivity index (χ0n) is 16.5. The van der Waals surface area contributed by atoms with Gasteiger partial charge in [-0.3, -0.25) is 14.4 Å². The van der Waals surface area contributed by atoms with Crippen molar-refractivity contribution in [1.29, 1.82) is 0 Å². The van der Waals surface area contributed by atoms with Gasteiger partial charge in [-0.15, -0.1) is 0 Å². The van der Waals surface area contributed by atoms with Crippen molar-refractivity contribution in [2.24, 2.45) is 5.73 Å². The van der Waals surface area contributed by atoms with E-state index in [1.165, 1.54) is 24.3 Å². The molecule has 2 aromatic rings. The van der Waals surface area contributed by atoms with Gasteiger partial charge < -0.3 is 16.2 Å². The molecule has 7 nitrogen and oxygen atoms in total. The minimum absolute atomic E-state index is 0.171. The Morgan fingerprint density at radius 1 is 0.900 bits per heavy atom. The molecule has 0 bridgehead atoms. The van der Waals surface area contributed by atoms with Crippen LogP contribution in [0.15, 0.2) is 66.7 Å². The number of rotatable bonds is 11. The van der Waals surface area contributed by atoms with Crippen LogP contribution in [-0.4, -0.2) is 41.1 Å². The summed E-state index contributed by atoms with van der Waals surface area (Å²) in [4.78, 5) is 48.5. The summed E-state index contributed by atoms with van der Waals surface area (Å²) in [6.45, 7) is 3.70. The Bertz CT molecular complexity index is 936. The number of unbranched alkanes of at least 4 members (excludes halogenated alkanes) is 1. The van der Waals surface area contributed by atoms with Gasteiger partial charge in [0.2, 0.25) is 0 Å². The number of carboxylic acids is 1. The van der Waals surface area contributed by atoms with Crippen LogP contribution < -0.4 is 11.1 Å². The second-order valence-corrected chi connectivity index (χ2v) is 6.73. The van der Waals surface area contributed by atoms with E-state index < -0.39 is 29.3 Å². The first kappa shape index (κ1) is 22.7. The summed E-state index contributed by atoms with van der Waals surface area (Å²) in [5, 5.41) is 11.6. The molecule has 4 N–H and O–H groups in total. The second kappa shape index (κ2) is 10.8.